The smallest absolute Gasteiger partial charge is 0.153 e. The van der Waals surface area contributed by atoms with Gasteiger partial charge < -0.3 is 0 Å². The topological polar surface area (TPSA) is 30.7 Å². The molecule has 0 aliphatic rings. The molecule has 0 aliphatic carbocycles. The third-order valence-electron chi connectivity index (χ3n) is 1.99. The summed E-state index contributed by atoms with van der Waals surface area (Å²) in [5.74, 6) is 0.841. The summed E-state index contributed by atoms with van der Waals surface area (Å²) < 4.78 is 2.76. The van der Waals surface area contributed by atoms with E-state index in [0.717, 1.165) is 16.7 Å². The second-order valence-corrected chi connectivity index (χ2v) is 3.90. The van der Waals surface area contributed by atoms with Crippen LogP contribution in [-0.4, -0.2) is 14.8 Å². The quantitative estimate of drug-likeness (QED) is 0.822. The third-order valence-corrected chi connectivity index (χ3v) is 2.46. The first-order valence-corrected chi connectivity index (χ1v) is 5.24. The fraction of sp³-hybridized carbons (Fsp3) is 0.200. The van der Waals surface area contributed by atoms with Crippen LogP contribution in [0.3, 0.4) is 0 Å². The fourth-order valence-electron chi connectivity index (χ4n) is 1.17. The molecule has 2 aromatic rings. The van der Waals surface area contributed by atoms with Crippen LogP contribution in [-0.2, 0) is 6.42 Å². The predicted molar refractivity (Wildman–Crippen MR) is 58.4 cm³/mol. The van der Waals surface area contributed by atoms with Gasteiger partial charge in [0.2, 0.25) is 0 Å². The molecule has 0 aliphatic heterocycles. The highest BCUT2D eigenvalue weighted by Gasteiger charge is 1.99. The highest BCUT2D eigenvalue weighted by atomic mass is 79.9. The van der Waals surface area contributed by atoms with Crippen molar-refractivity contribution < 1.29 is 0 Å². The molecule has 0 fully saturated rings. The summed E-state index contributed by atoms with van der Waals surface area (Å²) in [7, 11) is 0. The maximum absolute atomic E-state index is 4.25. The van der Waals surface area contributed by atoms with E-state index in [-0.39, 0.29) is 0 Å². The molecule has 0 N–H and O–H groups in total. The Bertz CT molecular complexity index is 419. The number of pyridine rings is 1. The van der Waals surface area contributed by atoms with E-state index in [2.05, 4.69) is 32.9 Å². The van der Waals surface area contributed by atoms with Crippen LogP contribution in [0.2, 0.25) is 0 Å². The molecule has 0 saturated carbocycles. The number of hydrogen-bond donors (Lipinski definition) is 0. The Balaban J connectivity index is 2.34. The minimum atomic E-state index is 0.841. The molecule has 0 spiro atoms. The van der Waals surface area contributed by atoms with Crippen LogP contribution in [0.4, 0.5) is 0 Å². The number of aryl methyl sites for hydroxylation is 1. The van der Waals surface area contributed by atoms with Crippen molar-refractivity contribution in [3.05, 3.63) is 40.8 Å². The van der Waals surface area contributed by atoms with Gasteiger partial charge in [-0.1, -0.05) is 6.92 Å². The first-order valence-electron chi connectivity index (χ1n) is 4.45. The van der Waals surface area contributed by atoms with E-state index in [1.54, 1.807) is 10.9 Å². The molecule has 0 amide bonds. The van der Waals surface area contributed by atoms with Gasteiger partial charge >= 0.3 is 0 Å². The number of hydrogen-bond acceptors (Lipinski definition) is 2. The van der Waals surface area contributed by atoms with E-state index < -0.39 is 0 Å². The van der Waals surface area contributed by atoms with E-state index >= 15 is 0 Å². The summed E-state index contributed by atoms with van der Waals surface area (Å²) in [6.07, 6.45) is 6.62. The van der Waals surface area contributed by atoms with Gasteiger partial charge in [-0.2, -0.15) is 5.10 Å². The molecule has 0 aromatic carbocycles. The summed E-state index contributed by atoms with van der Waals surface area (Å²) >= 11 is 3.34. The van der Waals surface area contributed by atoms with Crippen LogP contribution in [0.15, 0.2) is 35.2 Å². The molecule has 0 unspecified atom stereocenters. The van der Waals surface area contributed by atoms with Gasteiger partial charge in [0.05, 0.1) is 6.20 Å². The van der Waals surface area contributed by atoms with Gasteiger partial charge in [-0.25, -0.2) is 9.67 Å². The van der Waals surface area contributed by atoms with Crippen molar-refractivity contribution in [2.45, 2.75) is 13.3 Å². The highest BCUT2D eigenvalue weighted by molar-refractivity contribution is 9.10. The molecule has 2 aromatic heterocycles. The Morgan fingerprint density at radius 3 is 2.79 bits per heavy atom. The first kappa shape index (κ1) is 9.40. The molecular weight excluding hydrogens is 242 g/mol. The molecule has 0 atom stereocenters. The monoisotopic (exact) mass is 251 g/mol. The summed E-state index contributed by atoms with van der Waals surface area (Å²) in [5, 5.41) is 4.23. The van der Waals surface area contributed by atoms with Gasteiger partial charge in [-0.05, 0) is 40.0 Å². The standard InChI is InChI=1S/C10H10BrN3/c1-2-8-5-13-14(7-8)10-4-3-9(11)6-12-10/h3-7H,2H2,1H3. The van der Waals surface area contributed by atoms with Crippen molar-refractivity contribution >= 4 is 15.9 Å². The summed E-state index contributed by atoms with van der Waals surface area (Å²) in [6.45, 7) is 2.11. The van der Waals surface area contributed by atoms with Crippen LogP contribution < -0.4 is 0 Å². The van der Waals surface area contributed by atoms with Gasteiger partial charge in [-0.3, -0.25) is 0 Å². The lowest BCUT2D eigenvalue weighted by Gasteiger charge is -1.98. The maximum Gasteiger partial charge on any atom is 0.153 e. The normalized spacial score (nSPS) is 10.4. The first-order chi connectivity index (χ1) is 6.79. The Morgan fingerprint density at radius 2 is 2.21 bits per heavy atom. The second kappa shape index (κ2) is 3.92. The van der Waals surface area contributed by atoms with Crippen molar-refractivity contribution in [3.8, 4) is 5.82 Å². The van der Waals surface area contributed by atoms with Gasteiger partial charge in [0, 0.05) is 16.9 Å². The number of halogens is 1. The van der Waals surface area contributed by atoms with Crippen LogP contribution in [0.5, 0.6) is 0 Å². The SMILES string of the molecule is CCc1cnn(-c2ccc(Br)cn2)c1. The average molecular weight is 252 g/mol. The number of nitrogens with zero attached hydrogens (tertiary/aromatic N) is 3. The molecule has 2 heterocycles. The van der Waals surface area contributed by atoms with Gasteiger partial charge in [0.15, 0.2) is 5.82 Å². The molecule has 2 rings (SSSR count). The highest BCUT2D eigenvalue weighted by Crippen LogP contribution is 2.10. The number of rotatable bonds is 2. The van der Waals surface area contributed by atoms with E-state index in [0.29, 0.717) is 0 Å². The van der Waals surface area contributed by atoms with Crippen LogP contribution in [0.1, 0.15) is 12.5 Å². The zero-order chi connectivity index (χ0) is 9.97. The molecule has 4 heteroatoms. The molecule has 0 radical (unpaired) electrons. The minimum Gasteiger partial charge on any atom is -0.236 e. The van der Waals surface area contributed by atoms with E-state index in [1.807, 2.05) is 24.5 Å². The molecule has 14 heavy (non-hydrogen) atoms. The van der Waals surface area contributed by atoms with Crippen LogP contribution >= 0.6 is 15.9 Å². The van der Waals surface area contributed by atoms with Crippen LogP contribution in [0.25, 0.3) is 5.82 Å². The third kappa shape index (κ3) is 1.85. The molecule has 0 bridgehead atoms. The zero-order valence-corrected chi connectivity index (χ0v) is 9.40. The van der Waals surface area contributed by atoms with Crippen molar-refractivity contribution in [2.24, 2.45) is 0 Å². The summed E-state index contributed by atoms with van der Waals surface area (Å²) in [6, 6.07) is 3.88. The Morgan fingerprint density at radius 1 is 1.36 bits per heavy atom. The Hall–Kier alpha value is -1.16. The summed E-state index contributed by atoms with van der Waals surface area (Å²) in [5.41, 5.74) is 1.22. The van der Waals surface area contributed by atoms with Crippen molar-refractivity contribution in [2.75, 3.05) is 0 Å². The Labute approximate surface area is 90.9 Å². The Kier molecular flexibility index (Phi) is 2.63. The van der Waals surface area contributed by atoms with Gasteiger partial charge in [-0.15, -0.1) is 0 Å². The van der Waals surface area contributed by atoms with E-state index in [1.165, 1.54) is 5.56 Å². The summed E-state index contributed by atoms with van der Waals surface area (Å²) in [4.78, 5) is 4.25. The van der Waals surface area contributed by atoms with Crippen LogP contribution in [0, 0.1) is 0 Å². The number of aromatic nitrogens is 3. The largest absolute Gasteiger partial charge is 0.236 e. The minimum absolute atomic E-state index is 0.841. The van der Waals surface area contributed by atoms with Crippen molar-refractivity contribution in [3.63, 3.8) is 0 Å². The van der Waals surface area contributed by atoms with Gasteiger partial charge in [0.25, 0.3) is 0 Å². The lowest BCUT2D eigenvalue weighted by molar-refractivity contribution is 0.845. The van der Waals surface area contributed by atoms with Gasteiger partial charge in [0.1, 0.15) is 0 Å². The predicted octanol–water partition coefficient (Wildman–Crippen LogP) is 2.59. The lowest BCUT2D eigenvalue weighted by Crippen LogP contribution is -1.96. The fourth-order valence-corrected chi connectivity index (χ4v) is 1.41. The maximum atomic E-state index is 4.25. The average Bonchev–Trinajstić information content (AvgIpc) is 2.67. The second-order valence-electron chi connectivity index (χ2n) is 2.98. The molecular formula is C10H10BrN3. The van der Waals surface area contributed by atoms with Crippen molar-refractivity contribution in [1.82, 2.24) is 14.8 Å². The molecule has 0 saturated heterocycles. The molecule has 3 nitrogen and oxygen atoms in total. The zero-order valence-electron chi connectivity index (χ0n) is 7.81. The molecule has 72 valence electrons. The van der Waals surface area contributed by atoms with Crippen molar-refractivity contribution in [1.29, 1.82) is 0 Å². The lowest BCUT2D eigenvalue weighted by atomic mass is 10.3. The van der Waals surface area contributed by atoms with E-state index in [4.69, 9.17) is 0 Å². The van der Waals surface area contributed by atoms with E-state index in [9.17, 15) is 0 Å².